The van der Waals surface area contributed by atoms with E-state index in [9.17, 15) is 13.2 Å². The third-order valence-electron chi connectivity index (χ3n) is 3.27. The molecule has 0 saturated carbocycles. The molecule has 1 aromatic carbocycles. The van der Waals surface area contributed by atoms with Crippen molar-refractivity contribution in [3.05, 3.63) is 41.5 Å². The van der Waals surface area contributed by atoms with Crippen molar-refractivity contribution in [3.63, 3.8) is 0 Å². The number of alkyl halides is 3. The minimum absolute atomic E-state index is 0.187. The third-order valence-corrected chi connectivity index (χ3v) is 4.30. The number of aryl methyl sites for hydroxylation is 1. The molecule has 0 aliphatic rings. The summed E-state index contributed by atoms with van der Waals surface area (Å²) in [5.74, 6) is -0.644. The van der Waals surface area contributed by atoms with E-state index in [-0.39, 0.29) is 5.16 Å². The molecule has 9 heteroatoms. The van der Waals surface area contributed by atoms with Crippen molar-refractivity contribution < 1.29 is 13.2 Å². The lowest BCUT2D eigenvalue weighted by Crippen LogP contribution is -2.13. The highest BCUT2D eigenvalue weighted by molar-refractivity contribution is 7.98. The fraction of sp³-hybridized carbons (Fsp3) is 0.286. The highest BCUT2D eigenvalue weighted by Gasteiger charge is 2.37. The Kier molecular flexibility index (Phi) is 3.97. The Morgan fingerprint density at radius 1 is 1.09 bits per heavy atom. The number of aromatic nitrogens is 5. The Labute approximate surface area is 134 Å². The number of hydrogen-bond acceptors (Lipinski definition) is 5. The molecule has 0 aliphatic carbocycles. The minimum Gasteiger partial charge on any atom is -0.302 e. The molecule has 0 amide bonds. The second kappa shape index (κ2) is 5.80. The number of nitrogens with zero attached hydrogens (tertiary/aromatic N) is 5. The molecule has 0 N–H and O–H groups in total. The van der Waals surface area contributed by atoms with Gasteiger partial charge in [-0.15, -0.1) is 10.2 Å². The van der Waals surface area contributed by atoms with Gasteiger partial charge in [0, 0.05) is 12.8 Å². The van der Waals surface area contributed by atoms with Crippen LogP contribution < -0.4 is 0 Å². The molecule has 0 atom stereocenters. The molecular weight excluding hydrogens is 327 g/mol. The largest absolute Gasteiger partial charge is 0.451 e. The molecule has 5 nitrogen and oxygen atoms in total. The van der Waals surface area contributed by atoms with Gasteiger partial charge in [-0.1, -0.05) is 23.9 Å². The normalized spacial score (nSPS) is 12.0. The summed E-state index contributed by atoms with van der Waals surface area (Å²) in [6, 6.07) is 7.45. The van der Waals surface area contributed by atoms with E-state index in [1.807, 2.05) is 31.2 Å². The summed E-state index contributed by atoms with van der Waals surface area (Å²) in [5, 5.41) is 6.99. The number of fused-ring (bicyclic) bond motifs is 1. The van der Waals surface area contributed by atoms with Gasteiger partial charge >= 0.3 is 6.18 Å². The van der Waals surface area contributed by atoms with E-state index < -0.39 is 12.0 Å². The Morgan fingerprint density at radius 2 is 1.74 bits per heavy atom. The zero-order chi connectivity index (χ0) is 16.6. The Balaban J connectivity index is 1.84. The minimum atomic E-state index is -4.51. The number of hydrogen-bond donors (Lipinski definition) is 0. The number of benzene rings is 1. The molecular formula is C14H12F3N5S. The molecule has 3 rings (SSSR count). The molecule has 0 aliphatic heterocycles. The summed E-state index contributed by atoms with van der Waals surface area (Å²) in [7, 11) is 1.30. The van der Waals surface area contributed by atoms with E-state index in [1.54, 1.807) is 0 Å². The van der Waals surface area contributed by atoms with E-state index in [0.29, 0.717) is 11.4 Å². The molecule has 0 bridgehead atoms. The van der Waals surface area contributed by atoms with E-state index in [1.165, 1.54) is 7.05 Å². The van der Waals surface area contributed by atoms with E-state index in [4.69, 9.17) is 0 Å². The average Bonchev–Trinajstić information content (AvgIpc) is 2.86. The van der Waals surface area contributed by atoms with E-state index in [2.05, 4.69) is 20.2 Å². The van der Waals surface area contributed by atoms with Crippen molar-refractivity contribution in [2.24, 2.45) is 7.05 Å². The van der Waals surface area contributed by atoms with Crippen LogP contribution in [0.3, 0.4) is 0 Å². The molecule has 2 heterocycles. The maximum absolute atomic E-state index is 12.7. The monoisotopic (exact) mass is 339 g/mol. The lowest BCUT2D eigenvalue weighted by Gasteiger charge is -2.07. The van der Waals surface area contributed by atoms with Crippen LogP contribution in [0.15, 0.2) is 29.4 Å². The van der Waals surface area contributed by atoms with Crippen molar-refractivity contribution >= 4 is 22.8 Å². The second-order valence-electron chi connectivity index (χ2n) is 4.90. The molecule has 0 spiro atoms. The third kappa shape index (κ3) is 3.14. The molecule has 2 aromatic heterocycles. The Bertz CT molecular complexity index is 859. The van der Waals surface area contributed by atoms with Crippen LogP contribution in [0.1, 0.15) is 17.2 Å². The first-order valence-electron chi connectivity index (χ1n) is 6.68. The number of para-hydroxylation sites is 2. The zero-order valence-electron chi connectivity index (χ0n) is 12.3. The maximum Gasteiger partial charge on any atom is 0.451 e. The van der Waals surface area contributed by atoms with Crippen molar-refractivity contribution in [1.82, 2.24) is 24.7 Å². The molecule has 120 valence electrons. The van der Waals surface area contributed by atoms with E-state index >= 15 is 0 Å². The van der Waals surface area contributed by atoms with Crippen molar-refractivity contribution in [2.75, 3.05) is 0 Å². The SMILES string of the molecule is Cc1nc2ccccc2nc1CSc1nnc(C(F)(F)F)n1C. The average molecular weight is 339 g/mol. The second-order valence-corrected chi connectivity index (χ2v) is 5.84. The molecule has 0 fully saturated rings. The zero-order valence-corrected chi connectivity index (χ0v) is 13.1. The molecule has 3 aromatic rings. The lowest BCUT2D eigenvalue weighted by molar-refractivity contribution is -0.147. The molecule has 23 heavy (non-hydrogen) atoms. The van der Waals surface area contributed by atoms with Gasteiger partial charge in [-0.3, -0.25) is 0 Å². The fourth-order valence-corrected chi connectivity index (χ4v) is 3.00. The predicted octanol–water partition coefficient (Wildman–Crippen LogP) is 3.38. The summed E-state index contributed by atoms with van der Waals surface area (Å²) in [4.78, 5) is 8.97. The lowest BCUT2D eigenvalue weighted by atomic mass is 10.2. The number of rotatable bonds is 3. The van der Waals surface area contributed by atoms with Crippen LogP contribution in [0, 0.1) is 6.92 Å². The number of thioether (sulfide) groups is 1. The summed E-state index contributed by atoms with van der Waals surface area (Å²) < 4.78 is 39.1. The molecule has 0 saturated heterocycles. The fourth-order valence-electron chi connectivity index (χ4n) is 2.08. The summed E-state index contributed by atoms with van der Waals surface area (Å²) in [5.41, 5.74) is 3.00. The van der Waals surface area contributed by atoms with Crippen LogP contribution in [0.2, 0.25) is 0 Å². The van der Waals surface area contributed by atoms with Crippen LogP contribution in [-0.2, 0) is 19.0 Å². The van der Waals surface area contributed by atoms with Gasteiger partial charge in [0.1, 0.15) is 0 Å². The Morgan fingerprint density at radius 3 is 2.35 bits per heavy atom. The van der Waals surface area contributed by atoms with Crippen LogP contribution in [0.5, 0.6) is 0 Å². The van der Waals surface area contributed by atoms with Crippen molar-refractivity contribution in [2.45, 2.75) is 24.0 Å². The highest BCUT2D eigenvalue weighted by atomic mass is 32.2. The molecule has 0 unspecified atom stereocenters. The van der Waals surface area contributed by atoms with Crippen LogP contribution in [0.25, 0.3) is 11.0 Å². The highest BCUT2D eigenvalue weighted by Crippen LogP contribution is 2.30. The van der Waals surface area contributed by atoms with Gasteiger partial charge in [0.15, 0.2) is 5.16 Å². The maximum atomic E-state index is 12.7. The summed E-state index contributed by atoms with van der Waals surface area (Å²) >= 11 is 1.15. The van der Waals surface area contributed by atoms with Gasteiger partial charge in [0.2, 0.25) is 5.82 Å². The number of halogens is 3. The standard InChI is InChI=1S/C14H12F3N5S/c1-8-11(19-10-6-4-3-5-9(10)18-8)7-23-13-21-20-12(22(13)2)14(15,16)17/h3-6H,7H2,1-2H3. The summed E-state index contributed by atoms with van der Waals surface area (Å²) in [6.07, 6.45) is -4.51. The van der Waals surface area contributed by atoms with Gasteiger partial charge in [-0.25, -0.2) is 9.97 Å². The first-order chi connectivity index (χ1) is 10.9. The van der Waals surface area contributed by atoms with Crippen LogP contribution in [0.4, 0.5) is 13.2 Å². The molecule has 0 radical (unpaired) electrons. The van der Waals surface area contributed by atoms with E-state index in [0.717, 1.165) is 33.1 Å². The van der Waals surface area contributed by atoms with Crippen molar-refractivity contribution in [1.29, 1.82) is 0 Å². The smallest absolute Gasteiger partial charge is 0.302 e. The van der Waals surface area contributed by atoms with Crippen LogP contribution >= 0.6 is 11.8 Å². The quantitative estimate of drug-likeness (QED) is 0.685. The van der Waals surface area contributed by atoms with Gasteiger partial charge in [-0.05, 0) is 19.1 Å². The first kappa shape index (κ1) is 15.7. The predicted molar refractivity (Wildman–Crippen MR) is 79.8 cm³/mol. The Hall–Kier alpha value is -2.16. The van der Waals surface area contributed by atoms with Gasteiger partial charge in [0.25, 0.3) is 0 Å². The van der Waals surface area contributed by atoms with Gasteiger partial charge in [-0.2, -0.15) is 13.2 Å². The van der Waals surface area contributed by atoms with Gasteiger partial charge < -0.3 is 4.57 Å². The van der Waals surface area contributed by atoms with Crippen LogP contribution in [-0.4, -0.2) is 24.7 Å². The summed E-state index contributed by atoms with van der Waals surface area (Å²) in [6.45, 7) is 1.83. The first-order valence-corrected chi connectivity index (χ1v) is 7.66. The topological polar surface area (TPSA) is 56.5 Å². The van der Waals surface area contributed by atoms with Gasteiger partial charge in [0.05, 0.1) is 22.4 Å². The van der Waals surface area contributed by atoms with Crippen molar-refractivity contribution in [3.8, 4) is 0 Å².